The number of carbonyl (C=O) groups is 1. The second-order valence-electron chi connectivity index (χ2n) is 5.61. The maximum absolute atomic E-state index is 11.4. The normalized spacial score (nSPS) is 13.6. The van der Waals surface area contributed by atoms with Gasteiger partial charge in [-0.3, -0.25) is 0 Å². The average Bonchev–Trinajstić information content (AvgIpc) is 2.65. The maximum atomic E-state index is 11.4. The van der Waals surface area contributed by atoms with Crippen LogP contribution in [0, 0.1) is 0 Å². The fourth-order valence-corrected chi connectivity index (χ4v) is 2.41. The van der Waals surface area contributed by atoms with Gasteiger partial charge < -0.3 is 15.6 Å². The highest BCUT2D eigenvalue weighted by Gasteiger charge is 2.15. The molecule has 3 N–H and O–H groups in total. The van der Waals surface area contributed by atoms with Gasteiger partial charge in [0.25, 0.3) is 0 Å². The fourth-order valence-electron chi connectivity index (χ4n) is 2.41. The van der Waals surface area contributed by atoms with Crippen molar-refractivity contribution >= 4 is 12.0 Å². The van der Waals surface area contributed by atoms with Crippen LogP contribution in [-0.4, -0.2) is 24.2 Å². The number of hydrogen-bond donors (Lipinski definition) is 2. The molecule has 0 heterocycles. The molecule has 2 aromatic rings. The Morgan fingerprint density at radius 1 is 1.17 bits per heavy atom. The number of aliphatic hydroxyl groups excluding tert-OH is 1. The van der Waals surface area contributed by atoms with Crippen molar-refractivity contribution in [3.63, 3.8) is 0 Å². The summed E-state index contributed by atoms with van der Waals surface area (Å²) in [5.74, 6) is -0.341. The summed E-state index contributed by atoms with van der Waals surface area (Å²) in [6, 6.07) is 16.3. The molecule has 24 heavy (non-hydrogen) atoms. The van der Waals surface area contributed by atoms with Gasteiger partial charge in [0.2, 0.25) is 0 Å². The van der Waals surface area contributed by atoms with Gasteiger partial charge in [-0.2, -0.15) is 0 Å². The van der Waals surface area contributed by atoms with E-state index in [9.17, 15) is 9.90 Å². The first-order chi connectivity index (χ1) is 11.6. The molecule has 1 unspecified atom stereocenters. The summed E-state index contributed by atoms with van der Waals surface area (Å²) in [5, 5.41) is 10.2. The molecule has 0 aliphatic heterocycles. The molecule has 0 aliphatic rings. The molecule has 0 radical (unpaired) electrons. The summed E-state index contributed by atoms with van der Waals surface area (Å²) in [7, 11) is 1.36. The minimum atomic E-state index is -0.654. The third-order valence-corrected chi connectivity index (χ3v) is 3.86. The van der Waals surface area contributed by atoms with E-state index in [1.54, 1.807) is 12.1 Å². The first-order valence-electron chi connectivity index (χ1n) is 7.95. The van der Waals surface area contributed by atoms with E-state index in [4.69, 9.17) is 5.73 Å². The molecule has 0 aromatic heterocycles. The van der Waals surface area contributed by atoms with Gasteiger partial charge in [0.05, 0.1) is 18.8 Å². The van der Waals surface area contributed by atoms with E-state index in [1.807, 2.05) is 54.6 Å². The monoisotopic (exact) mass is 325 g/mol. The fraction of sp³-hybridized carbons (Fsp3) is 0.250. The Kier molecular flexibility index (Phi) is 6.73. The van der Waals surface area contributed by atoms with Crippen molar-refractivity contribution in [3.05, 3.63) is 77.4 Å². The summed E-state index contributed by atoms with van der Waals surface area (Å²) in [5.41, 5.74) is 8.43. The van der Waals surface area contributed by atoms with E-state index in [0.717, 1.165) is 17.5 Å². The minimum absolute atomic E-state index is 0.307. The summed E-state index contributed by atoms with van der Waals surface area (Å²) in [6.45, 7) is 0. The number of nitrogens with two attached hydrogens (primary N) is 1. The Hall–Kier alpha value is -2.43. The van der Waals surface area contributed by atoms with E-state index in [1.165, 1.54) is 7.11 Å². The Bertz CT molecular complexity index is 665. The van der Waals surface area contributed by atoms with Gasteiger partial charge in [-0.1, -0.05) is 54.6 Å². The number of hydrogen-bond acceptors (Lipinski definition) is 4. The van der Waals surface area contributed by atoms with Crippen LogP contribution in [0.1, 0.15) is 40.4 Å². The van der Waals surface area contributed by atoms with Gasteiger partial charge in [0.1, 0.15) is 0 Å². The second kappa shape index (κ2) is 9.01. The number of benzene rings is 2. The lowest BCUT2D eigenvalue weighted by Gasteiger charge is -2.18. The van der Waals surface area contributed by atoms with Crippen LogP contribution < -0.4 is 5.73 Å². The molecule has 126 valence electrons. The minimum Gasteiger partial charge on any atom is -0.465 e. The lowest BCUT2D eigenvalue weighted by atomic mass is 9.99. The smallest absolute Gasteiger partial charge is 0.337 e. The molecule has 4 nitrogen and oxygen atoms in total. The molecular formula is C20H23NO3. The van der Waals surface area contributed by atoms with Crippen LogP contribution in [-0.2, 0) is 4.74 Å². The largest absolute Gasteiger partial charge is 0.465 e. The Labute approximate surface area is 142 Å². The quantitative estimate of drug-likeness (QED) is 0.766. The zero-order valence-electron chi connectivity index (χ0n) is 13.8. The van der Waals surface area contributed by atoms with Crippen LogP contribution in [0.15, 0.2) is 60.7 Å². The van der Waals surface area contributed by atoms with Crippen LogP contribution in [0.2, 0.25) is 0 Å². The van der Waals surface area contributed by atoms with Gasteiger partial charge in [-0.25, -0.2) is 4.79 Å². The maximum Gasteiger partial charge on any atom is 0.337 e. The highest BCUT2D eigenvalue weighted by Crippen LogP contribution is 2.18. The predicted octanol–water partition coefficient (Wildman–Crippen LogP) is 3.33. The van der Waals surface area contributed by atoms with Gasteiger partial charge >= 0.3 is 5.97 Å². The van der Waals surface area contributed by atoms with Gasteiger partial charge in [-0.15, -0.1) is 0 Å². The third kappa shape index (κ3) is 5.05. The van der Waals surface area contributed by atoms with Crippen molar-refractivity contribution in [1.29, 1.82) is 0 Å². The second-order valence-corrected chi connectivity index (χ2v) is 5.61. The molecule has 0 amide bonds. The number of carbonyl (C=O) groups excluding carboxylic acids is 1. The average molecular weight is 325 g/mol. The Morgan fingerprint density at radius 2 is 1.83 bits per heavy atom. The summed E-state index contributed by atoms with van der Waals surface area (Å²) >= 11 is 0. The number of allylic oxidation sites excluding steroid dienone is 1. The number of esters is 1. The number of rotatable bonds is 7. The molecule has 2 aromatic carbocycles. The molecule has 4 heteroatoms. The first-order valence-corrected chi connectivity index (χ1v) is 7.95. The molecule has 0 bridgehead atoms. The number of ether oxygens (including phenoxy) is 1. The predicted molar refractivity (Wildman–Crippen MR) is 95.4 cm³/mol. The molecule has 0 spiro atoms. The van der Waals surface area contributed by atoms with Crippen LogP contribution >= 0.6 is 0 Å². The van der Waals surface area contributed by atoms with Crippen molar-refractivity contribution in [2.24, 2.45) is 5.73 Å². The van der Waals surface area contributed by atoms with Gasteiger partial charge in [0.15, 0.2) is 0 Å². The third-order valence-electron chi connectivity index (χ3n) is 3.86. The summed E-state index contributed by atoms with van der Waals surface area (Å²) in [4.78, 5) is 11.4. The lowest BCUT2D eigenvalue weighted by molar-refractivity contribution is 0.0600. The van der Waals surface area contributed by atoms with E-state index < -0.39 is 6.10 Å². The topological polar surface area (TPSA) is 72.5 Å². The molecule has 2 atom stereocenters. The molecule has 0 saturated carbocycles. The SMILES string of the molecule is COC(=O)c1ccc(C=CCCC(N)[C@H](O)c2ccccc2)cc1. The molecule has 0 fully saturated rings. The van der Waals surface area contributed by atoms with Crippen molar-refractivity contribution in [1.82, 2.24) is 0 Å². The van der Waals surface area contributed by atoms with Crippen LogP contribution in [0.5, 0.6) is 0 Å². The molecular weight excluding hydrogens is 302 g/mol. The highest BCUT2D eigenvalue weighted by molar-refractivity contribution is 5.89. The number of aliphatic hydroxyl groups is 1. The van der Waals surface area contributed by atoms with E-state index in [0.29, 0.717) is 12.0 Å². The van der Waals surface area contributed by atoms with Crippen molar-refractivity contribution in [2.75, 3.05) is 7.11 Å². The lowest BCUT2D eigenvalue weighted by Crippen LogP contribution is -2.28. The Morgan fingerprint density at radius 3 is 2.46 bits per heavy atom. The summed E-state index contributed by atoms with van der Waals surface area (Å²) < 4.78 is 4.67. The summed E-state index contributed by atoms with van der Waals surface area (Å²) in [6.07, 6.45) is 4.79. The molecule has 0 aliphatic carbocycles. The van der Waals surface area contributed by atoms with Crippen LogP contribution in [0.3, 0.4) is 0 Å². The number of methoxy groups -OCH3 is 1. The zero-order chi connectivity index (χ0) is 17.4. The molecule has 0 saturated heterocycles. The van der Waals surface area contributed by atoms with Crippen molar-refractivity contribution in [3.8, 4) is 0 Å². The van der Waals surface area contributed by atoms with E-state index in [2.05, 4.69) is 4.74 Å². The van der Waals surface area contributed by atoms with E-state index in [-0.39, 0.29) is 12.0 Å². The van der Waals surface area contributed by atoms with Crippen molar-refractivity contribution in [2.45, 2.75) is 25.0 Å². The van der Waals surface area contributed by atoms with Gasteiger partial charge in [-0.05, 0) is 36.1 Å². The standard InChI is InChI=1S/C20H23NO3/c1-24-20(23)17-13-11-15(12-14-17)7-5-6-10-18(21)19(22)16-8-3-2-4-9-16/h2-5,7-9,11-14,18-19,22H,6,10,21H2,1H3/t18?,19-/m1/s1. The van der Waals surface area contributed by atoms with Gasteiger partial charge in [0, 0.05) is 6.04 Å². The van der Waals surface area contributed by atoms with Crippen LogP contribution in [0.4, 0.5) is 0 Å². The zero-order valence-corrected chi connectivity index (χ0v) is 13.8. The van der Waals surface area contributed by atoms with E-state index >= 15 is 0 Å². The highest BCUT2D eigenvalue weighted by atomic mass is 16.5. The van der Waals surface area contributed by atoms with Crippen molar-refractivity contribution < 1.29 is 14.6 Å². The molecule has 2 rings (SSSR count). The van der Waals surface area contributed by atoms with Crippen LogP contribution in [0.25, 0.3) is 6.08 Å². The first kappa shape index (κ1) is 17.9. The Balaban J connectivity index is 1.82.